The van der Waals surface area contributed by atoms with Crippen LogP contribution in [-0.4, -0.2) is 64.0 Å². The van der Waals surface area contributed by atoms with E-state index in [-0.39, 0.29) is 18.0 Å². The molecule has 2 heterocycles. The van der Waals surface area contributed by atoms with Gasteiger partial charge in [-0.3, -0.25) is 4.90 Å². The zero-order chi connectivity index (χ0) is 22.1. The molecule has 0 unspecified atom stereocenters. The van der Waals surface area contributed by atoms with Crippen LogP contribution in [0.4, 0.5) is 13.2 Å². The van der Waals surface area contributed by atoms with Crippen LogP contribution in [0, 0.1) is 0 Å². The molecule has 0 saturated carbocycles. The minimum absolute atomic E-state index is 0.158. The number of para-hydroxylation sites is 1. The van der Waals surface area contributed by atoms with Crippen molar-refractivity contribution in [2.75, 3.05) is 26.2 Å². The second-order valence-electron chi connectivity index (χ2n) is 7.05. The third-order valence-electron chi connectivity index (χ3n) is 5.03. The third kappa shape index (κ3) is 4.60. The summed E-state index contributed by atoms with van der Waals surface area (Å²) >= 11 is 0. The summed E-state index contributed by atoms with van der Waals surface area (Å²) in [5.74, 6) is 0.611. The molecule has 31 heavy (non-hydrogen) atoms. The van der Waals surface area contributed by atoms with Gasteiger partial charge in [0.15, 0.2) is 5.82 Å². The van der Waals surface area contributed by atoms with Crippen LogP contribution in [0.5, 0.6) is 0 Å². The van der Waals surface area contributed by atoms with Gasteiger partial charge >= 0.3 is 6.18 Å². The lowest BCUT2D eigenvalue weighted by atomic mass is 10.2. The standard InChI is InChI=1S/C19H19F3N6O2S/c20-19(21,22)15-5-4-8-17(13-15)31(29,30)27-11-9-26(10-12-27)14-18-23-24-25-28(18)16-6-2-1-3-7-16/h1-8,13H,9-12,14H2. The molecule has 3 aromatic rings. The highest BCUT2D eigenvalue weighted by molar-refractivity contribution is 7.89. The van der Waals surface area contributed by atoms with E-state index in [4.69, 9.17) is 0 Å². The maximum Gasteiger partial charge on any atom is 0.416 e. The molecule has 0 bridgehead atoms. The van der Waals surface area contributed by atoms with E-state index in [0.717, 1.165) is 17.8 Å². The van der Waals surface area contributed by atoms with E-state index in [0.29, 0.717) is 31.5 Å². The Bertz CT molecular complexity index is 1140. The number of aromatic nitrogens is 4. The number of nitrogens with zero attached hydrogens (tertiary/aromatic N) is 6. The first-order valence-electron chi connectivity index (χ1n) is 9.47. The Morgan fingerprint density at radius 2 is 1.65 bits per heavy atom. The van der Waals surface area contributed by atoms with Crippen LogP contribution in [-0.2, 0) is 22.7 Å². The highest BCUT2D eigenvalue weighted by Crippen LogP contribution is 2.31. The summed E-state index contributed by atoms with van der Waals surface area (Å²) in [6, 6.07) is 13.2. The van der Waals surface area contributed by atoms with E-state index in [1.165, 1.54) is 10.4 Å². The zero-order valence-electron chi connectivity index (χ0n) is 16.3. The van der Waals surface area contributed by atoms with Crippen LogP contribution in [0.2, 0.25) is 0 Å². The molecule has 1 saturated heterocycles. The lowest BCUT2D eigenvalue weighted by molar-refractivity contribution is -0.137. The summed E-state index contributed by atoms with van der Waals surface area (Å²) in [6.07, 6.45) is -4.60. The summed E-state index contributed by atoms with van der Waals surface area (Å²) in [4.78, 5) is 1.65. The number of alkyl halides is 3. The molecular formula is C19H19F3N6O2S. The molecule has 0 radical (unpaired) electrons. The van der Waals surface area contributed by atoms with Crippen molar-refractivity contribution in [1.82, 2.24) is 29.4 Å². The van der Waals surface area contributed by atoms with E-state index in [2.05, 4.69) is 15.5 Å². The van der Waals surface area contributed by atoms with E-state index in [9.17, 15) is 21.6 Å². The van der Waals surface area contributed by atoms with Gasteiger partial charge in [0.05, 0.1) is 22.7 Å². The van der Waals surface area contributed by atoms with Crippen LogP contribution in [0.1, 0.15) is 11.4 Å². The molecule has 1 aliphatic heterocycles. The van der Waals surface area contributed by atoms with Gasteiger partial charge in [0.1, 0.15) is 0 Å². The van der Waals surface area contributed by atoms with Gasteiger partial charge in [0.25, 0.3) is 0 Å². The largest absolute Gasteiger partial charge is 0.416 e. The summed E-state index contributed by atoms with van der Waals surface area (Å²) in [5, 5.41) is 11.8. The van der Waals surface area contributed by atoms with E-state index in [1.807, 2.05) is 35.2 Å². The van der Waals surface area contributed by atoms with Gasteiger partial charge in [-0.15, -0.1) is 5.10 Å². The maximum atomic E-state index is 13.0. The first-order valence-corrected chi connectivity index (χ1v) is 10.9. The average Bonchev–Trinajstić information content (AvgIpc) is 3.22. The fourth-order valence-electron chi connectivity index (χ4n) is 3.38. The van der Waals surface area contributed by atoms with Crippen molar-refractivity contribution in [3.05, 3.63) is 66.0 Å². The molecule has 0 atom stereocenters. The van der Waals surface area contributed by atoms with E-state index >= 15 is 0 Å². The molecule has 1 fully saturated rings. The number of sulfonamides is 1. The van der Waals surface area contributed by atoms with Gasteiger partial charge in [-0.05, 0) is 40.8 Å². The Morgan fingerprint density at radius 1 is 0.935 bits per heavy atom. The number of halogens is 3. The summed E-state index contributed by atoms with van der Waals surface area (Å²) in [6.45, 7) is 1.54. The lowest BCUT2D eigenvalue weighted by Crippen LogP contribution is -2.48. The molecule has 1 aromatic heterocycles. The highest BCUT2D eigenvalue weighted by atomic mass is 32.2. The molecular weight excluding hydrogens is 433 g/mol. The summed E-state index contributed by atoms with van der Waals surface area (Å²) in [5.41, 5.74) is -0.173. The van der Waals surface area contributed by atoms with Crippen molar-refractivity contribution in [2.45, 2.75) is 17.6 Å². The van der Waals surface area contributed by atoms with Crippen molar-refractivity contribution >= 4 is 10.0 Å². The first kappa shape index (κ1) is 21.4. The lowest BCUT2D eigenvalue weighted by Gasteiger charge is -2.33. The van der Waals surface area contributed by atoms with E-state index < -0.39 is 21.8 Å². The molecule has 2 aromatic carbocycles. The predicted molar refractivity (Wildman–Crippen MR) is 105 cm³/mol. The van der Waals surface area contributed by atoms with Crippen LogP contribution >= 0.6 is 0 Å². The highest BCUT2D eigenvalue weighted by Gasteiger charge is 2.34. The van der Waals surface area contributed by atoms with Crippen molar-refractivity contribution < 1.29 is 21.6 Å². The minimum Gasteiger partial charge on any atom is -0.293 e. The Hall–Kier alpha value is -2.83. The number of tetrazole rings is 1. The quantitative estimate of drug-likeness (QED) is 0.590. The molecule has 164 valence electrons. The first-order chi connectivity index (χ1) is 14.7. The molecule has 8 nitrogen and oxygen atoms in total. The smallest absolute Gasteiger partial charge is 0.293 e. The summed E-state index contributed by atoms with van der Waals surface area (Å²) < 4.78 is 67.3. The van der Waals surface area contributed by atoms with Crippen LogP contribution in [0.3, 0.4) is 0 Å². The topological polar surface area (TPSA) is 84.2 Å². The Kier molecular flexibility index (Phi) is 5.77. The number of rotatable bonds is 5. The number of piperazine rings is 1. The van der Waals surface area contributed by atoms with Gasteiger partial charge in [-0.1, -0.05) is 24.3 Å². The van der Waals surface area contributed by atoms with Gasteiger partial charge in [0, 0.05) is 26.2 Å². The van der Waals surface area contributed by atoms with Crippen molar-refractivity contribution in [3.8, 4) is 5.69 Å². The second-order valence-corrected chi connectivity index (χ2v) is 8.99. The van der Waals surface area contributed by atoms with Crippen molar-refractivity contribution in [3.63, 3.8) is 0 Å². The van der Waals surface area contributed by atoms with Crippen molar-refractivity contribution in [2.24, 2.45) is 0 Å². The molecule has 12 heteroatoms. The monoisotopic (exact) mass is 452 g/mol. The molecule has 4 rings (SSSR count). The second kappa shape index (κ2) is 8.36. The van der Waals surface area contributed by atoms with Crippen LogP contribution in [0.15, 0.2) is 59.5 Å². The van der Waals surface area contributed by atoms with E-state index in [1.54, 1.807) is 4.68 Å². The molecule has 0 aliphatic carbocycles. The fourth-order valence-corrected chi connectivity index (χ4v) is 4.85. The number of hydrogen-bond donors (Lipinski definition) is 0. The zero-order valence-corrected chi connectivity index (χ0v) is 17.1. The average molecular weight is 452 g/mol. The summed E-state index contributed by atoms with van der Waals surface area (Å²) in [7, 11) is -4.02. The van der Waals surface area contributed by atoms with Crippen LogP contribution < -0.4 is 0 Å². The number of benzene rings is 2. The van der Waals surface area contributed by atoms with Gasteiger partial charge in [0.2, 0.25) is 10.0 Å². The molecule has 0 amide bonds. The van der Waals surface area contributed by atoms with Gasteiger partial charge < -0.3 is 0 Å². The number of hydrogen-bond acceptors (Lipinski definition) is 6. The van der Waals surface area contributed by atoms with Gasteiger partial charge in [-0.25, -0.2) is 8.42 Å². The third-order valence-corrected chi connectivity index (χ3v) is 6.92. The minimum atomic E-state index is -4.60. The SMILES string of the molecule is O=S(=O)(c1cccc(C(F)(F)F)c1)N1CCN(Cc2nnnn2-c2ccccc2)CC1. The Labute approximate surface area is 176 Å². The molecule has 0 spiro atoms. The van der Waals surface area contributed by atoms with Crippen LogP contribution in [0.25, 0.3) is 5.69 Å². The van der Waals surface area contributed by atoms with Crippen molar-refractivity contribution in [1.29, 1.82) is 0 Å². The normalized spacial score (nSPS) is 16.5. The Morgan fingerprint density at radius 3 is 2.32 bits per heavy atom. The fraction of sp³-hybridized carbons (Fsp3) is 0.316. The Balaban J connectivity index is 1.43. The maximum absolute atomic E-state index is 13.0. The van der Waals surface area contributed by atoms with Gasteiger partial charge in [-0.2, -0.15) is 22.2 Å². The predicted octanol–water partition coefficient (Wildman–Crippen LogP) is 2.19. The molecule has 0 N–H and O–H groups in total. The molecule has 1 aliphatic rings.